The monoisotopic (exact) mass is 513 g/mol. The maximum atomic E-state index is 13.6. The van der Waals surface area contributed by atoms with Crippen LogP contribution in [0, 0.1) is 11.7 Å². The van der Waals surface area contributed by atoms with Gasteiger partial charge in [0.15, 0.2) is 12.3 Å². The molecule has 0 saturated carbocycles. The quantitative estimate of drug-likeness (QED) is 0.333. The molecule has 10 nitrogen and oxygen atoms in total. The van der Waals surface area contributed by atoms with Gasteiger partial charge in [-0.25, -0.2) is 13.9 Å². The van der Waals surface area contributed by atoms with E-state index in [2.05, 4.69) is 10.4 Å². The van der Waals surface area contributed by atoms with Gasteiger partial charge in [0.2, 0.25) is 0 Å². The minimum absolute atomic E-state index is 0.0337. The number of carboxylic acid groups (broad SMARTS) is 2. The van der Waals surface area contributed by atoms with Gasteiger partial charge in [0, 0.05) is 6.04 Å². The van der Waals surface area contributed by atoms with E-state index in [1.807, 2.05) is 13.8 Å². The minimum Gasteiger partial charge on any atom is -0.496 e. The zero-order chi connectivity index (χ0) is 27.1. The van der Waals surface area contributed by atoms with Gasteiger partial charge in [0.1, 0.15) is 17.3 Å². The number of carbonyl (C=O) groups excluding carboxylic acids is 1. The number of halogens is 1. The lowest BCUT2D eigenvalue weighted by atomic mass is 10.0. The number of hydrogen-bond acceptors (Lipinski definition) is 6. The molecule has 0 aliphatic rings. The first-order valence-corrected chi connectivity index (χ1v) is 11.5. The predicted octanol–water partition coefficient (Wildman–Crippen LogP) is 3.77. The van der Waals surface area contributed by atoms with Crippen molar-refractivity contribution in [1.29, 1.82) is 0 Å². The molecule has 0 fully saturated rings. The molecule has 1 amide bonds. The van der Waals surface area contributed by atoms with Crippen molar-refractivity contribution >= 4 is 17.8 Å². The molecule has 2 aromatic carbocycles. The highest BCUT2D eigenvalue weighted by Gasteiger charge is 2.25. The number of carboxylic acids is 2. The van der Waals surface area contributed by atoms with E-state index in [0.29, 0.717) is 29.1 Å². The molecule has 1 atom stereocenters. The molecule has 0 bridgehead atoms. The number of ether oxygens (including phenoxy) is 2. The van der Waals surface area contributed by atoms with Crippen LogP contribution in [0.5, 0.6) is 11.5 Å². The lowest BCUT2D eigenvalue weighted by Gasteiger charge is -2.18. The van der Waals surface area contributed by atoms with Crippen LogP contribution in [0.25, 0.3) is 16.9 Å². The van der Waals surface area contributed by atoms with Gasteiger partial charge in [-0.05, 0) is 54.8 Å². The number of amides is 1. The lowest BCUT2D eigenvalue weighted by Crippen LogP contribution is -2.37. The molecule has 0 radical (unpaired) electrons. The molecule has 196 valence electrons. The molecule has 3 rings (SSSR count). The number of aliphatic carboxylic acids is 2. The Labute approximate surface area is 212 Å². The highest BCUT2D eigenvalue weighted by Crippen LogP contribution is 2.39. The van der Waals surface area contributed by atoms with Crippen LogP contribution in [0.1, 0.15) is 37.2 Å². The summed E-state index contributed by atoms with van der Waals surface area (Å²) in [5.41, 5.74) is 1.02. The summed E-state index contributed by atoms with van der Waals surface area (Å²) in [5, 5.41) is 25.5. The van der Waals surface area contributed by atoms with Crippen molar-refractivity contribution in [3.8, 4) is 28.4 Å². The molecule has 0 unspecified atom stereocenters. The Kier molecular flexibility index (Phi) is 8.83. The lowest BCUT2D eigenvalue weighted by molar-refractivity contribution is -0.139. The maximum Gasteiger partial charge on any atom is 0.341 e. The first-order valence-electron chi connectivity index (χ1n) is 11.5. The summed E-state index contributed by atoms with van der Waals surface area (Å²) in [5.74, 6) is -2.67. The van der Waals surface area contributed by atoms with E-state index in [1.54, 1.807) is 18.2 Å². The Morgan fingerprint density at radius 3 is 2.32 bits per heavy atom. The van der Waals surface area contributed by atoms with Crippen molar-refractivity contribution in [1.82, 2.24) is 15.1 Å². The first kappa shape index (κ1) is 27.2. The summed E-state index contributed by atoms with van der Waals surface area (Å²) >= 11 is 0. The third-order valence-electron chi connectivity index (χ3n) is 5.34. The van der Waals surface area contributed by atoms with Crippen LogP contribution in [0.4, 0.5) is 4.39 Å². The van der Waals surface area contributed by atoms with Gasteiger partial charge in [0.05, 0.1) is 30.5 Å². The van der Waals surface area contributed by atoms with E-state index in [9.17, 15) is 23.9 Å². The molecule has 1 aromatic heterocycles. The van der Waals surface area contributed by atoms with Crippen LogP contribution in [0.2, 0.25) is 0 Å². The van der Waals surface area contributed by atoms with Gasteiger partial charge in [-0.3, -0.25) is 9.59 Å². The number of methoxy groups -OCH3 is 1. The van der Waals surface area contributed by atoms with E-state index in [1.165, 1.54) is 42.1 Å². The molecule has 3 N–H and O–H groups in total. The molecule has 0 spiro atoms. The van der Waals surface area contributed by atoms with Crippen LogP contribution in [-0.2, 0) is 9.59 Å². The van der Waals surface area contributed by atoms with Crippen LogP contribution in [0.3, 0.4) is 0 Å². The number of aromatic nitrogens is 2. The molecule has 1 heterocycles. The zero-order valence-corrected chi connectivity index (χ0v) is 20.6. The summed E-state index contributed by atoms with van der Waals surface area (Å²) < 4.78 is 26.0. The minimum atomic E-state index is -1.18. The molecule has 11 heteroatoms. The second-order valence-corrected chi connectivity index (χ2v) is 8.72. The second-order valence-electron chi connectivity index (χ2n) is 8.72. The summed E-state index contributed by atoms with van der Waals surface area (Å²) in [7, 11) is 1.43. The van der Waals surface area contributed by atoms with Crippen molar-refractivity contribution in [3.05, 3.63) is 60.0 Å². The van der Waals surface area contributed by atoms with Gasteiger partial charge >= 0.3 is 11.9 Å². The first-order chi connectivity index (χ1) is 17.6. The molecule has 37 heavy (non-hydrogen) atoms. The van der Waals surface area contributed by atoms with Gasteiger partial charge < -0.3 is 25.0 Å². The zero-order valence-electron chi connectivity index (χ0n) is 20.6. The highest BCUT2D eigenvalue weighted by molar-refractivity contribution is 5.94. The number of rotatable bonds is 12. The van der Waals surface area contributed by atoms with Crippen molar-refractivity contribution in [2.24, 2.45) is 5.92 Å². The fourth-order valence-electron chi connectivity index (χ4n) is 3.88. The molecule has 3 aromatic rings. The highest BCUT2D eigenvalue weighted by atomic mass is 19.1. The normalized spacial score (nSPS) is 11.7. The summed E-state index contributed by atoms with van der Waals surface area (Å²) in [6.45, 7) is 3.22. The van der Waals surface area contributed by atoms with E-state index >= 15 is 0 Å². The fraction of sp³-hybridized carbons (Fsp3) is 0.308. The van der Waals surface area contributed by atoms with Gasteiger partial charge in [-0.15, -0.1) is 0 Å². The summed E-state index contributed by atoms with van der Waals surface area (Å²) in [6, 6.07) is 11.0. The number of carbonyl (C=O) groups is 3. The predicted molar refractivity (Wildman–Crippen MR) is 132 cm³/mol. The van der Waals surface area contributed by atoms with E-state index in [0.717, 1.165) is 0 Å². The molecular formula is C26H28FN3O7. The number of benzene rings is 2. The fourth-order valence-corrected chi connectivity index (χ4v) is 3.88. The Balaban J connectivity index is 2.13. The number of nitrogens with zero attached hydrogens (tertiary/aromatic N) is 2. The Morgan fingerprint density at radius 2 is 1.73 bits per heavy atom. The van der Waals surface area contributed by atoms with Crippen LogP contribution < -0.4 is 14.8 Å². The van der Waals surface area contributed by atoms with E-state index < -0.39 is 36.3 Å². The average molecular weight is 514 g/mol. The number of nitrogens with one attached hydrogen (secondary N) is 1. The smallest absolute Gasteiger partial charge is 0.341 e. The SMILES string of the molecule is COc1cccc(OCC(=O)O)c1-c1cc(C(=O)N[C@H](CC(=O)O)CC(C)C)nn1-c1ccc(F)cc1. The van der Waals surface area contributed by atoms with Crippen LogP contribution >= 0.6 is 0 Å². The van der Waals surface area contributed by atoms with Crippen molar-refractivity contribution in [3.63, 3.8) is 0 Å². The molecule has 0 aliphatic heterocycles. The van der Waals surface area contributed by atoms with Crippen LogP contribution in [-0.4, -0.2) is 57.6 Å². The summed E-state index contributed by atoms with van der Waals surface area (Å²) in [4.78, 5) is 35.6. The van der Waals surface area contributed by atoms with Gasteiger partial charge in [0.25, 0.3) is 5.91 Å². The maximum absolute atomic E-state index is 13.6. The summed E-state index contributed by atoms with van der Waals surface area (Å²) in [6.07, 6.45) is 0.193. The third kappa shape index (κ3) is 7.06. The van der Waals surface area contributed by atoms with Gasteiger partial charge in [-0.1, -0.05) is 19.9 Å². The van der Waals surface area contributed by atoms with Crippen LogP contribution in [0.15, 0.2) is 48.5 Å². The Morgan fingerprint density at radius 1 is 1.05 bits per heavy atom. The van der Waals surface area contributed by atoms with E-state index in [-0.39, 0.29) is 23.8 Å². The standard InChI is InChI=1S/C26H28FN3O7/c1-15(2)11-17(12-23(31)32)28-26(35)19-13-20(30(29-19)18-9-7-16(27)8-10-18)25-21(36-3)5-4-6-22(25)37-14-24(33)34/h4-10,13,15,17H,11-12,14H2,1-3H3,(H,28,35)(H,31,32)(H,33,34)/t17-/m0/s1. The molecular weight excluding hydrogens is 485 g/mol. The third-order valence-corrected chi connectivity index (χ3v) is 5.34. The second kappa shape index (κ2) is 12.0. The van der Waals surface area contributed by atoms with Gasteiger partial charge in [-0.2, -0.15) is 5.10 Å². The molecule has 0 saturated heterocycles. The van der Waals surface area contributed by atoms with Crippen molar-refractivity contribution in [2.45, 2.75) is 32.7 Å². The Bertz CT molecular complexity index is 1270. The Hall–Kier alpha value is -4.41. The van der Waals surface area contributed by atoms with Crippen molar-refractivity contribution < 1.29 is 38.5 Å². The largest absolute Gasteiger partial charge is 0.496 e. The van der Waals surface area contributed by atoms with Crippen molar-refractivity contribution in [2.75, 3.05) is 13.7 Å². The average Bonchev–Trinajstić information content (AvgIpc) is 3.27. The topological polar surface area (TPSA) is 140 Å². The number of hydrogen-bond donors (Lipinski definition) is 3. The van der Waals surface area contributed by atoms with E-state index in [4.69, 9.17) is 14.6 Å². The molecule has 0 aliphatic carbocycles.